The van der Waals surface area contributed by atoms with Gasteiger partial charge in [-0.15, -0.1) is 0 Å². The van der Waals surface area contributed by atoms with Gasteiger partial charge in [-0.05, 0) is 43.0 Å². The fourth-order valence-electron chi connectivity index (χ4n) is 4.34. The monoisotopic (exact) mass is 369 g/mol. The Morgan fingerprint density at radius 3 is 2.41 bits per heavy atom. The molecule has 2 heterocycles. The van der Waals surface area contributed by atoms with Gasteiger partial charge in [0.15, 0.2) is 0 Å². The third kappa shape index (κ3) is 4.90. The van der Waals surface area contributed by atoms with E-state index in [0.29, 0.717) is 5.89 Å². The molecule has 5 heteroatoms. The first-order chi connectivity index (χ1) is 13.3. The van der Waals surface area contributed by atoms with Crippen LogP contribution in [0.15, 0.2) is 34.9 Å². The van der Waals surface area contributed by atoms with Gasteiger partial charge in [0.25, 0.3) is 0 Å². The standard InChI is InChI=1S/C22H31N3O2/c1-26-21-9-7-19(8-10-21)22-23-20(17-27-22)16-25-13-11-24(12-14-25)15-18-5-3-2-4-6-18/h7-10,17-18H,2-6,11-16H2,1H3. The predicted octanol–water partition coefficient (Wildman–Crippen LogP) is 4.05. The fourth-order valence-corrected chi connectivity index (χ4v) is 4.34. The number of hydrogen-bond acceptors (Lipinski definition) is 5. The molecule has 0 atom stereocenters. The fraction of sp³-hybridized carbons (Fsp3) is 0.591. The van der Waals surface area contributed by atoms with Crippen molar-refractivity contribution in [2.24, 2.45) is 5.92 Å². The smallest absolute Gasteiger partial charge is 0.226 e. The van der Waals surface area contributed by atoms with Crippen LogP contribution in [0.5, 0.6) is 5.75 Å². The lowest BCUT2D eigenvalue weighted by molar-refractivity contribution is 0.104. The SMILES string of the molecule is COc1ccc(-c2nc(CN3CCN(CC4CCCCC4)CC3)co2)cc1. The second-order valence-corrected chi connectivity index (χ2v) is 7.95. The summed E-state index contributed by atoms with van der Waals surface area (Å²) in [6.45, 7) is 6.78. The number of ether oxygens (including phenoxy) is 1. The molecule has 1 aromatic carbocycles. The van der Waals surface area contributed by atoms with Crippen molar-refractivity contribution >= 4 is 0 Å². The molecular weight excluding hydrogens is 338 g/mol. The minimum atomic E-state index is 0.684. The first-order valence-corrected chi connectivity index (χ1v) is 10.3. The maximum absolute atomic E-state index is 5.70. The van der Waals surface area contributed by atoms with Gasteiger partial charge in [-0.2, -0.15) is 0 Å². The second-order valence-electron chi connectivity index (χ2n) is 7.95. The number of benzene rings is 1. The molecule has 0 amide bonds. The van der Waals surface area contributed by atoms with Crippen molar-refractivity contribution in [3.05, 3.63) is 36.2 Å². The van der Waals surface area contributed by atoms with Crippen molar-refractivity contribution in [1.82, 2.24) is 14.8 Å². The van der Waals surface area contributed by atoms with Crippen LogP contribution in [0, 0.1) is 5.92 Å². The number of oxazole rings is 1. The van der Waals surface area contributed by atoms with E-state index in [2.05, 4.69) is 14.8 Å². The predicted molar refractivity (Wildman–Crippen MR) is 107 cm³/mol. The number of aromatic nitrogens is 1. The van der Waals surface area contributed by atoms with E-state index in [-0.39, 0.29) is 0 Å². The zero-order chi connectivity index (χ0) is 18.5. The molecular formula is C22H31N3O2. The quantitative estimate of drug-likeness (QED) is 0.768. The van der Waals surface area contributed by atoms with Crippen molar-refractivity contribution < 1.29 is 9.15 Å². The second kappa shape index (κ2) is 8.89. The number of rotatable bonds is 6. The number of piperazine rings is 1. The summed E-state index contributed by atoms with van der Waals surface area (Å²) in [4.78, 5) is 9.84. The van der Waals surface area contributed by atoms with Crippen molar-refractivity contribution in [2.45, 2.75) is 38.6 Å². The molecule has 0 N–H and O–H groups in total. The van der Waals surface area contributed by atoms with E-state index in [1.54, 1.807) is 13.4 Å². The maximum atomic E-state index is 5.70. The molecule has 0 spiro atoms. The molecule has 1 aliphatic heterocycles. The van der Waals surface area contributed by atoms with E-state index in [1.165, 1.54) is 51.7 Å². The Balaban J connectivity index is 1.26. The van der Waals surface area contributed by atoms with Crippen LogP contribution in [0.2, 0.25) is 0 Å². The van der Waals surface area contributed by atoms with Crippen LogP contribution in [0.25, 0.3) is 11.5 Å². The van der Waals surface area contributed by atoms with Crippen LogP contribution in [0.4, 0.5) is 0 Å². The highest BCUT2D eigenvalue weighted by molar-refractivity contribution is 5.54. The summed E-state index contributed by atoms with van der Waals surface area (Å²) in [5.74, 6) is 2.47. The third-order valence-electron chi connectivity index (χ3n) is 5.98. The molecule has 0 unspecified atom stereocenters. The molecule has 0 radical (unpaired) electrons. The average Bonchev–Trinajstić information content (AvgIpc) is 3.19. The highest BCUT2D eigenvalue weighted by atomic mass is 16.5. The van der Waals surface area contributed by atoms with Crippen molar-refractivity contribution in [1.29, 1.82) is 0 Å². The van der Waals surface area contributed by atoms with Gasteiger partial charge < -0.3 is 14.1 Å². The van der Waals surface area contributed by atoms with Gasteiger partial charge >= 0.3 is 0 Å². The van der Waals surface area contributed by atoms with E-state index >= 15 is 0 Å². The summed E-state index contributed by atoms with van der Waals surface area (Å²) in [5.41, 5.74) is 2.00. The minimum Gasteiger partial charge on any atom is -0.497 e. The van der Waals surface area contributed by atoms with Gasteiger partial charge in [-0.1, -0.05) is 19.3 Å². The molecule has 1 saturated heterocycles. The molecule has 146 valence electrons. The van der Waals surface area contributed by atoms with Gasteiger partial charge in [0.1, 0.15) is 12.0 Å². The van der Waals surface area contributed by atoms with Crippen LogP contribution in [-0.4, -0.2) is 54.6 Å². The van der Waals surface area contributed by atoms with Crippen LogP contribution in [0.1, 0.15) is 37.8 Å². The molecule has 0 bridgehead atoms. The molecule has 1 saturated carbocycles. The van der Waals surface area contributed by atoms with Crippen molar-refractivity contribution in [2.75, 3.05) is 39.8 Å². The van der Waals surface area contributed by atoms with E-state index in [9.17, 15) is 0 Å². The number of methoxy groups -OCH3 is 1. The summed E-state index contributed by atoms with van der Waals surface area (Å²) < 4.78 is 10.9. The Labute approximate surface area is 162 Å². The Morgan fingerprint density at radius 2 is 1.70 bits per heavy atom. The highest BCUT2D eigenvalue weighted by Gasteiger charge is 2.22. The molecule has 1 aromatic heterocycles. The van der Waals surface area contributed by atoms with Crippen molar-refractivity contribution in [3.63, 3.8) is 0 Å². The van der Waals surface area contributed by atoms with Gasteiger partial charge in [-0.3, -0.25) is 4.90 Å². The molecule has 5 nitrogen and oxygen atoms in total. The minimum absolute atomic E-state index is 0.684. The lowest BCUT2D eigenvalue weighted by Crippen LogP contribution is -2.47. The summed E-state index contributed by atoms with van der Waals surface area (Å²) in [6, 6.07) is 7.84. The summed E-state index contributed by atoms with van der Waals surface area (Å²) in [5, 5.41) is 0. The highest BCUT2D eigenvalue weighted by Crippen LogP contribution is 2.25. The van der Waals surface area contributed by atoms with E-state index < -0.39 is 0 Å². The van der Waals surface area contributed by atoms with Gasteiger partial charge in [0.2, 0.25) is 5.89 Å². The van der Waals surface area contributed by atoms with E-state index in [4.69, 9.17) is 9.15 Å². The van der Waals surface area contributed by atoms with E-state index in [0.717, 1.165) is 42.6 Å². The Kier molecular flexibility index (Phi) is 6.10. The molecule has 27 heavy (non-hydrogen) atoms. The molecule has 4 rings (SSSR count). The number of nitrogens with zero attached hydrogens (tertiary/aromatic N) is 3. The van der Waals surface area contributed by atoms with Crippen LogP contribution in [0.3, 0.4) is 0 Å². The summed E-state index contributed by atoms with van der Waals surface area (Å²) in [6.07, 6.45) is 9.00. The zero-order valence-corrected chi connectivity index (χ0v) is 16.4. The maximum Gasteiger partial charge on any atom is 0.226 e. The summed E-state index contributed by atoms with van der Waals surface area (Å²) in [7, 11) is 1.67. The van der Waals surface area contributed by atoms with Gasteiger partial charge in [0.05, 0.1) is 12.8 Å². The first-order valence-electron chi connectivity index (χ1n) is 10.3. The third-order valence-corrected chi connectivity index (χ3v) is 5.98. The van der Waals surface area contributed by atoms with Gasteiger partial charge in [0, 0.05) is 44.8 Å². The molecule has 2 fully saturated rings. The normalized spacial score (nSPS) is 20.0. The lowest BCUT2D eigenvalue weighted by atomic mass is 9.89. The molecule has 2 aromatic rings. The molecule has 2 aliphatic rings. The summed E-state index contributed by atoms with van der Waals surface area (Å²) >= 11 is 0. The Hall–Kier alpha value is -1.85. The Bertz CT molecular complexity index is 699. The zero-order valence-electron chi connectivity index (χ0n) is 16.4. The largest absolute Gasteiger partial charge is 0.497 e. The first kappa shape index (κ1) is 18.5. The van der Waals surface area contributed by atoms with Crippen LogP contribution < -0.4 is 4.74 Å². The van der Waals surface area contributed by atoms with Gasteiger partial charge in [-0.25, -0.2) is 4.98 Å². The van der Waals surface area contributed by atoms with Crippen molar-refractivity contribution in [3.8, 4) is 17.2 Å². The topological polar surface area (TPSA) is 41.7 Å². The van der Waals surface area contributed by atoms with Crippen LogP contribution >= 0.6 is 0 Å². The van der Waals surface area contributed by atoms with E-state index in [1.807, 2.05) is 24.3 Å². The molecule has 1 aliphatic carbocycles. The lowest BCUT2D eigenvalue weighted by Gasteiger charge is -2.37. The van der Waals surface area contributed by atoms with Crippen LogP contribution in [-0.2, 0) is 6.54 Å². The number of hydrogen-bond donors (Lipinski definition) is 0. The Morgan fingerprint density at radius 1 is 1.00 bits per heavy atom. The average molecular weight is 370 g/mol.